The molecule has 2 aromatic carbocycles. The number of ketones is 1. The first-order valence-corrected chi connectivity index (χ1v) is 9.14. The van der Waals surface area contributed by atoms with E-state index in [0.717, 1.165) is 10.1 Å². The van der Waals surface area contributed by atoms with Crippen LogP contribution in [0.3, 0.4) is 0 Å². The number of rotatable bonds is 7. The van der Waals surface area contributed by atoms with Crippen molar-refractivity contribution < 1.29 is 14.6 Å². The molecular weight excluding hydrogens is 368 g/mol. The molecule has 3 rings (SSSR count). The molecule has 6 nitrogen and oxygen atoms in total. The van der Waals surface area contributed by atoms with Gasteiger partial charge >= 0.3 is 0 Å². The molecule has 0 saturated heterocycles. The summed E-state index contributed by atoms with van der Waals surface area (Å²) in [4.78, 5) is 25.4. The van der Waals surface area contributed by atoms with Crippen LogP contribution in [0, 0.1) is 18.3 Å². The summed E-state index contributed by atoms with van der Waals surface area (Å²) >= 11 is 0. The first-order valence-electron chi connectivity index (χ1n) is 9.14. The fourth-order valence-electron chi connectivity index (χ4n) is 3.12. The van der Waals surface area contributed by atoms with Crippen molar-refractivity contribution in [3.8, 4) is 17.7 Å². The van der Waals surface area contributed by atoms with Crippen molar-refractivity contribution in [3.63, 3.8) is 0 Å². The third-order valence-corrected chi connectivity index (χ3v) is 4.66. The summed E-state index contributed by atoms with van der Waals surface area (Å²) in [7, 11) is 0. The molecule has 0 saturated carbocycles. The van der Waals surface area contributed by atoms with Crippen molar-refractivity contribution >= 4 is 5.78 Å². The first-order chi connectivity index (χ1) is 14.0. The van der Waals surface area contributed by atoms with Gasteiger partial charge in [0.15, 0.2) is 6.61 Å². The Balaban J connectivity index is 1.92. The minimum absolute atomic E-state index is 0.0647. The van der Waals surface area contributed by atoms with Crippen LogP contribution < -0.4 is 10.3 Å². The lowest BCUT2D eigenvalue weighted by Crippen LogP contribution is -2.28. The van der Waals surface area contributed by atoms with Gasteiger partial charge in [0, 0.05) is 6.54 Å². The number of Topliss-reactive ketones (excluding diaryl/α,β-unsaturated/α-hetero) is 1. The predicted octanol–water partition coefficient (Wildman–Crippen LogP) is 3.24. The van der Waals surface area contributed by atoms with E-state index in [1.54, 1.807) is 24.3 Å². The molecule has 29 heavy (non-hydrogen) atoms. The number of carbonyl (C=O) groups is 1. The Bertz CT molecular complexity index is 1110. The maximum atomic E-state index is 12.8. The highest BCUT2D eigenvalue weighted by molar-refractivity contribution is 6.01. The van der Waals surface area contributed by atoms with Gasteiger partial charge in [0.2, 0.25) is 11.7 Å². The summed E-state index contributed by atoms with van der Waals surface area (Å²) in [6.45, 7) is 1.31. The van der Waals surface area contributed by atoms with E-state index in [1.165, 1.54) is 6.92 Å². The number of hydrogen-bond donors (Lipinski definition) is 1. The summed E-state index contributed by atoms with van der Waals surface area (Å²) in [6, 6.07) is 20.1. The fourth-order valence-corrected chi connectivity index (χ4v) is 3.12. The van der Waals surface area contributed by atoms with Crippen LogP contribution in [0.5, 0.6) is 11.6 Å². The monoisotopic (exact) mass is 388 g/mol. The number of pyridine rings is 1. The van der Waals surface area contributed by atoms with Gasteiger partial charge in [-0.05, 0) is 36.6 Å². The van der Waals surface area contributed by atoms with Crippen LogP contribution in [-0.4, -0.2) is 22.1 Å². The van der Waals surface area contributed by atoms with Gasteiger partial charge in [-0.25, -0.2) is 0 Å². The van der Waals surface area contributed by atoms with Crippen LogP contribution in [0.25, 0.3) is 0 Å². The van der Waals surface area contributed by atoms with Gasteiger partial charge in [-0.15, -0.1) is 0 Å². The zero-order chi connectivity index (χ0) is 20.8. The Morgan fingerprint density at radius 1 is 1.10 bits per heavy atom. The number of nitriles is 1. The van der Waals surface area contributed by atoms with Crippen molar-refractivity contribution in [2.24, 2.45) is 0 Å². The number of benzene rings is 2. The average Bonchev–Trinajstić information content (AvgIpc) is 2.74. The Morgan fingerprint density at radius 3 is 2.34 bits per heavy atom. The van der Waals surface area contributed by atoms with Gasteiger partial charge in [-0.3, -0.25) is 14.2 Å². The fraction of sp³-hybridized carbons (Fsp3) is 0.174. The third-order valence-electron chi connectivity index (χ3n) is 4.66. The SMILES string of the molecule is Cc1c(C(=O)COc2ccccc2)c(O)n(CCc2ccccc2)c(=O)c1C#N. The largest absolute Gasteiger partial charge is 0.494 e. The van der Waals surface area contributed by atoms with Crippen molar-refractivity contribution in [2.75, 3.05) is 6.61 Å². The number of carbonyl (C=O) groups excluding carboxylic acids is 1. The normalized spacial score (nSPS) is 10.3. The van der Waals surface area contributed by atoms with Crippen LogP contribution in [0.1, 0.15) is 27.0 Å². The molecule has 3 aromatic rings. The molecule has 0 fully saturated rings. The smallest absolute Gasteiger partial charge is 0.271 e. The van der Waals surface area contributed by atoms with Crippen molar-refractivity contribution in [1.29, 1.82) is 5.26 Å². The van der Waals surface area contributed by atoms with Crippen molar-refractivity contribution in [2.45, 2.75) is 19.9 Å². The lowest BCUT2D eigenvalue weighted by atomic mass is 10.0. The van der Waals surface area contributed by atoms with E-state index in [2.05, 4.69) is 0 Å². The number of nitrogens with zero attached hydrogens (tertiary/aromatic N) is 2. The molecule has 0 spiro atoms. The highest BCUT2D eigenvalue weighted by atomic mass is 16.5. The quantitative estimate of drug-likeness (QED) is 0.627. The van der Waals surface area contributed by atoms with Crippen LogP contribution >= 0.6 is 0 Å². The van der Waals surface area contributed by atoms with Crippen molar-refractivity contribution in [1.82, 2.24) is 4.57 Å². The van der Waals surface area contributed by atoms with E-state index in [9.17, 15) is 20.0 Å². The highest BCUT2D eigenvalue weighted by Crippen LogP contribution is 2.23. The minimum Gasteiger partial charge on any atom is -0.494 e. The number of hydrogen-bond acceptors (Lipinski definition) is 5. The number of para-hydroxylation sites is 1. The van der Waals surface area contributed by atoms with E-state index in [0.29, 0.717) is 12.2 Å². The molecule has 0 aliphatic carbocycles. The summed E-state index contributed by atoms with van der Waals surface area (Å²) in [5, 5.41) is 20.1. The molecule has 0 unspecified atom stereocenters. The second-order valence-corrected chi connectivity index (χ2v) is 6.53. The molecule has 0 amide bonds. The van der Waals surface area contributed by atoms with E-state index in [-0.39, 0.29) is 29.8 Å². The van der Waals surface area contributed by atoms with E-state index in [4.69, 9.17) is 4.74 Å². The van der Waals surface area contributed by atoms with E-state index in [1.807, 2.05) is 42.5 Å². The summed E-state index contributed by atoms with van der Waals surface area (Å²) < 4.78 is 6.55. The third kappa shape index (κ3) is 4.36. The maximum Gasteiger partial charge on any atom is 0.271 e. The Labute approximate surface area is 168 Å². The molecule has 0 radical (unpaired) electrons. The van der Waals surface area contributed by atoms with E-state index < -0.39 is 17.2 Å². The summed E-state index contributed by atoms with van der Waals surface area (Å²) in [6.07, 6.45) is 0.469. The highest BCUT2D eigenvalue weighted by Gasteiger charge is 2.24. The van der Waals surface area contributed by atoms with Gasteiger partial charge in [0.05, 0.1) is 5.56 Å². The van der Waals surface area contributed by atoms with Crippen LogP contribution in [0.2, 0.25) is 0 Å². The molecule has 0 aliphatic heterocycles. The number of aryl methyl sites for hydroxylation is 1. The van der Waals surface area contributed by atoms with Gasteiger partial charge in [-0.2, -0.15) is 5.26 Å². The van der Waals surface area contributed by atoms with Crippen molar-refractivity contribution in [3.05, 3.63) is 93.3 Å². The molecule has 6 heteroatoms. The summed E-state index contributed by atoms with van der Waals surface area (Å²) in [5.41, 5.74) is 0.300. The standard InChI is InChI=1S/C23H20N2O4/c1-16-19(14-24)22(27)25(13-12-17-8-4-2-5-9-17)23(28)21(16)20(26)15-29-18-10-6-3-7-11-18/h2-11,28H,12-13,15H2,1H3. The van der Waals surface area contributed by atoms with Gasteiger partial charge in [-0.1, -0.05) is 48.5 Å². The van der Waals surface area contributed by atoms with Gasteiger partial charge in [0.1, 0.15) is 17.4 Å². The molecule has 1 heterocycles. The Kier molecular flexibility index (Phi) is 6.10. The number of aromatic hydroxyl groups is 1. The average molecular weight is 388 g/mol. The maximum absolute atomic E-state index is 12.8. The van der Waals surface area contributed by atoms with Gasteiger partial charge in [0.25, 0.3) is 5.56 Å². The topological polar surface area (TPSA) is 92.3 Å². The predicted molar refractivity (Wildman–Crippen MR) is 108 cm³/mol. The molecule has 0 aliphatic rings. The molecule has 1 aromatic heterocycles. The van der Waals surface area contributed by atoms with Gasteiger partial charge < -0.3 is 9.84 Å². The second-order valence-electron chi connectivity index (χ2n) is 6.53. The van der Waals surface area contributed by atoms with E-state index >= 15 is 0 Å². The summed E-state index contributed by atoms with van der Waals surface area (Å²) in [5.74, 6) is -0.436. The molecule has 0 atom stereocenters. The molecule has 1 N–H and O–H groups in total. The minimum atomic E-state index is -0.612. The molecule has 0 bridgehead atoms. The molecular formula is C23H20N2O4. The number of aromatic nitrogens is 1. The van der Waals surface area contributed by atoms with Crippen LogP contribution in [-0.2, 0) is 13.0 Å². The lowest BCUT2D eigenvalue weighted by Gasteiger charge is -2.16. The number of ether oxygens (including phenoxy) is 1. The van der Waals surface area contributed by atoms with Crippen LogP contribution in [0.4, 0.5) is 0 Å². The Hall–Kier alpha value is -3.85. The Morgan fingerprint density at radius 2 is 1.72 bits per heavy atom. The zero-order valence-electron chi connectivity index (χ0n) is 16.0. The first kappa shape index (κ1) is 19.9. The zero-order valence-corrected chi connectivity index (χ0v) is 16.0. The van der Waals surface area contributed by atoms with Crippen LogP contribution in [0.15, 0.2) is 65.5 Å². The molecule has 146 valence electrons. The second kappa shape index (κ2) is 8.89. The lowest BCUT2D eigenvalue weighted by molar-refractivity contribution is 0.0916.